The maximum atomic E-state index is 12.4. The first-order valence-corrected chi connectivity index (χ1v) is 11.7. The van der Waals surface area contributed by atoms with Gasteiger partial charge in [-0.3, -0.25) is 14.7 Å². The molecule has 1 aromatic heterocycles. The fourth-order valence-corrected chi connectivity index (χ4v) is 4.04. The lowest BCUT2D eigenvalue weighted by molar-refractivity contribution is -0.115. The first kappa shape index (κ1) is 22.7. The Hall–Kier alpha value is -2.94. The van der Waals surface area contributed by atoms with Crippen LogP contribution in [0.2, 0.25) is 0 Å². The zero-order valence-electron chi connectivity index (χ0n) is 18.1. The molecule has 3 rings (SSSR count). The summed E-state index contributed by atoms with van der Waals surface area (Å²) in [6, 6.07) is 8.12. The highest BCUT2D eigenvalue weighted by Gasteiger charge is 2.28. The van der Waals surface area contributed by atoms with E-state index >= 15 is 0 Å². The van der Waals surface area contributed by atoms with Gasteiger partial charge in [-0.1, -0.05) is 19.1 Å². The molecule has 0 atom stereocenters. The average Bonchev–Trinajstić information content (AvgIpc) is 3.10. The van der Waals surface area contributed by atoms with Crippen LogP contribution in [-0.2, 0) is 38.9 Å². The number of amides is 2. The normalized spacial score (nSPS) is 13.6. The summed E-state index contributed by atoms with van der Waals surface area (Å²) < 4.78 is 29.2. The van der Waals surface area contributed by atoms with Gasteiger partial charge in [0.05, 0.1) is 47.7 Å². The van der Waals surface area contributed by atoms with Crippen LogP contribution in [0.1, 0.15) is 44.5 Å². The third kappa shape index (κ3) is 5.81. The van der Waals surface area contributed by atoms with Crippen molar-refractivity contribution in [3.63, 3.8) is 0 Å². The van der Waals surface area contributed by atoms with Crippen molar-refractivity contribution in [1.82, 2.24) is 9.88 Å². The van der Waals surface area contributed by atoms with Gasteiger partial charge in [-0.25, -0.2) is 13.2 Å². The maximum absolute atomic E-state index is 12.4. The molecule has 2 aromatic rings. The van der Waals surface area contributed by atoms with E-state index in [1.807, 2.05) is 26.8 Å². The van der Waals surface area contributed by atoms with Crippen LogP contribution in [0, 0.1) is 0 Å². The zero-order chi connectivity index (χ0) is 22.8. The highest BCUT2D eigenvalue weighted by molar-refractivity contribution is 7.91. The van der Waals surface area contributed by atoms with Crippen molar-refractivity contribution >= 4 is 27.5 Å². The molecule has 0 radical (unpaired) electrons. The van der Waals surface area contributed by atoms with Crippen LogP contribution in [-0.4, -0.2) is 41.7 Å². The summed E-state index contributed by atoms with van der Waals surface area (Å²) in [6.07, 6.45) is 1.27. The minimum Gasteiger partial charge on any atom is -0.444 e. The van der Waals surface area contributed by atoms with Gasteiger partial charge in [0.2, 0.25) is 5.91 Å². The predicted molar refractivity (Wildman–Crippen MR) is 116 cm³/mol. The molecule has 8 nitrogen and oxygen atoms in total. The predicted octanol–water partition coefficient (Wildman–Crippen LogP) is 3.31. The molecule has 1 N–H and O–H groups in total. The van der Waals surface area contributed by atoms with Gasteiger partial charge >= 0.3 is 6.09 Å². The zero-order valence-corrected chi connectivity index (χ0v) is 19.0. The van der Waals surface area contributed by atoms with Crippen molar-refractivity contribution in [3.8, 4) is 0 Å². The molecule has 0 fully saturated rings. The van der Waals surface area contributed by atoms with Gasteiger partial charge in [0.15, 0.2) is 9.84 Å². The maximum Gasteiger partial charge on any atom is 0.410 e. The number of hydrogen-bond donors (Lipinski definition) is 1. The van der Waals surface area contributed by atoms with E-state index in [1.54, 1.807) is 30.2 Å². The number of fused-ring (bicyclic) bond motifs is 1. The Labute approximate surface area is 182 Å². The largest absolute Gasteiger partial charge is 0.444 e. The van der Waals surface area contributed by atoms with E-state index in [1.165, 1.54) is 12.1 Å². The molecule has 1 aliphatic rings. The van der Waals surface area contributed by atoms with E-state index < -0.39 is 21.5 Å². The van der Waals surface area contributed by atoms with Crippen molar-refractivity contribution in [2.75, 3.05) is 11.1 Å². The highest BCUT2D eigenvalue weighted by Crippen LogP contribution is 2.25. The van der Waals surface area contributed by atoms with Gasteiger partial charge in [-0.15, -0.1) is 0 Å². The molecule has 2 amide bonds. The summed E-state index contributed by atoms with van der Waals surface area (Å²) in [7, 11) is -3.26. The summed E-state index contributed by atoms with van der Waals surface area (Å²) in [5.74, 6) is -0.210. The van der Waals surface area contributed by atoms with E-state index in [0.29, 0.717) is 24.3 Å². The molecule has 0 saturated heterocycles. The van der Waals surface area contributed by atoms with E-state index in [9.17, 15) is 18.0 Å². The number of ether oxygens (including phenoxy) is 1. The third-order valence-corrected chi connectivity index (χ3v) is 6.47. The molecular weight excluding hydrogens is 418 g/mol. The number of carbonyl (C=O) groups is 2. The van der Waals surface area contributed by atoms with Crippen LogP contribution >= 0.6 is 0 Å². The molecule has 2 heterocycles. The first-order chi connectivity index (χ1) is 14.5. The summed E-state index contributed by atoms with van der Waals surface area (Å²) in [4.78, 5) is 30.9. The Morgan fingerprint density at radius 2 is 1.84 bits per heavy atom. The van der Waals surface area contributed by atoms with E-state index in [4.69, 9.17) is 4.74 Å². The number of sulfone groups is 1. The van der Waals surface area contributed by atoms with Gasteiger partial charge in [0.1, 0.15) is 5.60 Å². The van der Waals surface area contributed by atoms with Crippen LogP contribution in [0.3, 0.4) is 0 Å². The Bertz CT molecular complexity index is 1090. The molecule has 0 unspecified atom stereocenters. The number of rotatable bonds is 5. The molecule has 0 spiro atoms. The van der Waals surface area contributed by atoms with Crippen molar-refractivity contribution in [3.05, 3.63) is 53.3 Å². The number of benzene rings is 1. The van der Waals surface area contributed by atoms with E-state index in [-0.39, 0.29) is 23.0 Å². The van der Waals surface area contributed by atoms with Crippen molar-refractivity contribution < 1.29 is 22.7 Å². The molecule has 9 heteroatoms. The van der Waals surface area contributed by atoms with Crippen molar-refractivity contribution in [2.24, 2.45) is 0 Å². The summed E-state index contributed by atoms with van der Waals surface area (Å²) in [5, 5.41) is 2.80. The monoisotopic (exact) mass is 445 g/mol. The van der Waals surface area contributed by atoms with Crippen LogP contribution < -0.4 is 5.32 Å². The second-order valence-electron chi connectivity index (χ2n) is 8.44. The topological polar surface area (TPSA) is 106 Å². The molecular formula is C22H27N3O5S. The molecule has 0 bridgehead atoms. The van der Waals surface area contributed by atoms with Gasteiger partial charge < -0.3 is 10.1 Å². The van der Waals surface area contributed by atoms with Crippen LogP contribution in [0.5, 0.6) is 0 Å². The highest BCUT2D eigenvalue weighted by atomic mass is 32.2. The number of nitrogens with zero attached hydrogens (tertiary/aromatic N) is 2. The Kier molecular flexibility index (Phi) is 6.35. The molecule has 166 valence electrons. The lowest BCUT2D eigenvalue weighted by Gasteiger charge is -2.23. The number of carbonyl (C=O) groups excluding carboxylic acids is 2. The smallest absolute Gasteiger partial charge is 0.410 e. The summed E-state index contributed by atoms with van der Waals surface area (Å²) in [5.41, 5.74) is 2.31. The lowest BCUT2D eigenvalue weighted by Crippen LogP contribution is -2.33. The minimum absolute atomic E-state index is 0.0313. The number of anilines is 1. The molecule has 1 aromatic carbocycles. The molecule has 1 aliphatic heterocycles. The van der Waals surface area contributed by atoms with Gasteiger partial charge in [0, 0.05) is 0 Å². The standard InChI is InChI=1S/C22H27N3O5S/c1-5-31(28,29)18-8-6-15(7-9-18)10-20(26)24-17-11-16-13-25(14-19(16)23-12-17)21(27)30-22(2,3)4/h6-9,11-12H,5,10,13-14H2,1-4H3,(H,24,26). The minimum atomic E-state index is -3.26. The van der Waals surface area contributed by atoms with Crippen LogP contribution in [0.4, 0.5) is 10.5 Å². The Morgan fingerprint density at radius 1 is 1.16 bits per heavy atom. The SMILES string of the molecule is CCS(=O)(=O)c1ccc(CC(=O)Nc2cnc3c(c2)CN(C(=O)OC(C)(C)C)C3)cc1. The van der Waals surface area contributed by atoms with Gasteiger partial charge in [-0.05, 0) is 50.1 Å². The second kappa shape index (κ2) is 8.66. The molecule has 0 aliphatic carbocycles. The van der Waals surface area contributed by atoms with E-state index in [2.05, 4.69) is 10.3 Å². The third-order valence-electron chi connectivity index (χ3n) is 4.72. The first-order valence-electron chi connectivity index (χ1n) is 10.0. The number of aromatic nitrogens is 1. The summed E-state index contributed by atoms with van der Waals surface area (Å²) in [6.45, 7) is 7.77. The average molecular weight is 446 g/mol. The van der Waals surface area contributed by atoms with Crippen molar-refractivity contribution in [1.29, 1.82) is 0 Å². The molecule has 31 heavy (non-hydrogen) atoms. The second-order valence-corrected chi connectivity index (χ2v) is 10.7. The lowest BCUT2D eigenvalue weighted by atomic mass is 10.1. The quantitative estimate of drug-likeness (QED) is 0.757. The van der Waals surface area contributed by atoms with Crippen molar-refractivity contribution in [2.45, 2.75) is 57.7 Å². The van der Waals surface area contributed by atoms with Gasteiger partial charge in [0.25, 0.3) is 0 Å². The number of nitrogens with one attached hydrogen (secondary N) is 1. The Balaban J connectivity index is 1.60. The molecule has 0 saturated carbocycles. The van der Waals surface area contributed by atoms with Gasteiger partial charge in [-0.2, -0.15) is 0 Å². The number of pyridine rings is 1. The van der Waals surface area contributed by atoms with Crippen LogP contribution in [0.15, 0.2) is 41.4 Å². The fraction of sp³-hybridized carbons (Fsp3) is 0.409. The summed E-state index contributed by atoms with van der Waals surface area (Å²) >= 11 is 0. The fourth-order valence-electron chi connectivity index (χ4n) is 3.16. The number of hydrogen-bond acceptors (Lipinski definition) is 6. The Morgan fingerprint density at radius 3 is 2.45 bits per heavy atom. The van der Waals surface area contributed by atoms with E-state index in [0.717, 1.165) is 11.3 Å². The van der Waals surface area contributed by atoms with Crippen LogP contribution in [0.25, 0.3) is 0 Å².